The Kier molecular flexibility index (Phi) is 10.1. The Labute approximate surface area is 198 Å². The SMILES string of the molecule is C=C(F)/C=C\N=C(C)CN/C(=C/C=O)N(Cc1cc(F)ccn1)c1cc(C)nc(OCC)c1C. The van der Waals surface area contributed by atoms with Crippen molar-refractivity contribution >= 4 is 17.7 Å². The Balaban J connectivity index is 2.49. The first-order chi connectivity index (χ1) is 16.2. The van der Waals surface area contributed by atoms with Crippen LogP contribution in [0.15, 0.2) is 66.0 Å². The van der Waals surface area contributed by atoms with Crippen molar-refractivity contribution in [1.29, 1.82) is 0 Å². The van der Waals surface area contributed by atoms with Crippen LogP contribution >= 0.6 is 0 Å². The number of nitrogens with one attached hydrogen (secondary N) is 1. The standard InChI is InChI=1S/C25H29F2N5O2/c1-6-34-25-20(5)23(13-18(3)31-25)32(16-22-14-21(27)8-11-29-22)24(9-12-33)30-15-19(4)28-10-7-17(2)26/h7-14,30H,2,6,15-16H2,1,3-5H3/b10-7-,24-9-,28-19?. The molecule has 2 heterocycles. The first kappa shape index (κ1) is 26.4. The lowest BCUT2D eigenvalue weighted by molar-refractivity contribution is -0.104. The van der Waals surface area contributed by atoms with Crippen molar-refractivity contribution in [3.05, 3.63) is 83.7 Å². The van der Waals surface area contributed by atoms with Crippen LogP contribution in [0.5, 0.6) is 5.88 Å². The number of nitrogens with zero attached hydrogens (tertiary/aromatic N) is 4. The van der Waals surface area contributed by atoms with Crippen molar-refractivity contribution in [2.24, 2.45) is 4.99 Å². The fourth-order valence-electron chi connectivity index (χ4n) is 3.07. The van der Waals surface area contributed by atoms with Crippen molar-refractivity contribution < 1.29 is 18.3 Å². The molecule has 1 N–H and O–H groups in total. The summed E-state index contributed by atoms with van der Waals surface area (Å²) in [6.07, 6.45) is 5.85. The maximum Gasteiger partial charge on any atom is 0.218 e. The smallest absolute Gasteiger partial charge is 0.218 e. The van der Waals surface area contributed by atoms with E-state index in [-0.39, 0.29) is 13.1 Å². The van der Waals surface area contributed by atoms with Gasteiger partial charge in [-0.25, -0.2) is 13.8 Å². The van der Waals surface area contributed by atoms with E-state index in [2.05, 4.69) is 26.9 Å². The first-order valence-electron chi connectivity index (χ1n) is 10.7. The maximum absolute atomic E-state index is 13.9. The molecule has 7 nitrogen and oxygen atoms in total. The number of aliphatic imine (C=N–C) groups is 1. The van der Waals surface area contributed by atoms with Gasteiger partial charge in [0, 0.05) is 35.4 Å². The summed E-state index contributed by atoms with van der Waals surface area (Å²) < 4.78 is 32.4. The van der Waals surface area contributed by atoms with Gasteiger partial charge in [0.25, 0.3) is 0 Å². The average Bonchev–Trinajstić information content (AvgIpc) is 2.77. The number of ether oxygens (including phenoxy) is 1. The summed E-state index contributed by atoms with van der Waals surface area (Å²) >= 11 is 0. The summed E-state index contributed by atoms with van der Waals surface area (Å²) in [5, 5.41) is 3.18. The van der Waals surface area contributed by atoms with Crippen molar-refractivity contribution in [2.75, 3.05) is 18.1 Å². The summed E-state index contributed by atoms with van der Waals surface area (Å²) in [4.78, 5) is 26.2. The molecule has 0 fully saturated rings. The number of hydrogen-bond donors (Lipinski definition) is 1. The molecule has 2 aromatic heterocycles. The highest BCUT2D eigenvalue weighted by molar-refractivity contribution is 5.85. The molecule has 0 unspecified atom stereocenters. The molecule has 0 aliphatic carbocycles. The van der Waals surface area contributed by atoms with Gasteiger partial charge < -0.3 is 15.0 Å². The van der Waals surface area contributed by atoms with Crippen molar-refractivity contribution in [3.8, 4) is 5.88 Å². The van der Waals surface area contributed by atoms with Gasteiger partial charge in [0.1, 0.15) is 23.8 Å². The highest BCUT2D eigenvalue weighted by Gasteiger charge is 2.20. The molecule has 0 aromatic carbocycles. The Hall–Kier alpha value is -3.88. The number of pyridine rings is 2. The van der Waals surface area contributed by atoms with Crippen LogP contribution in [-0.2, 0) is 11.3 Å². The molecular formula is C25H29F2N5O2. The van der Waals surface area contributed by atoms with Crippen LogP contribution in [0.4, 0.5) is 14.5 Å². The monoisotopic (exact) mass is 469 g/mol. The molecular weight excluding hydrogens is 440 g/mol. The van der Waals surface area contributed by atoms with Gasteiger partial charge in [-0.2, -0.15) is 0 Å². The lowest BCUT2D eigenvalue weighted by atomic mass is 10.1. The van der Waals surface area contributed by atoms with E-state index in [4.69, 9.17) is 4.74 Å². The minimum absolute atomic E-state index is 0.165. The molecule has 180 valence electrons. The third kappa shape index (κ3) is 7.91. The zero-order valence-electron chi connectivity index (χ0n) is 19.8. The predicted octanol–water partition coefficient (Wildman–Crippen LogP) is 4.73. The third-order valence-corrected chi connectivity index (χ3v) is 4.59. The summed E-state index contributed by atoms with van der Waals surface area (Å²) in [7, 11) is 0. The zero-order valence-corrected chi connectivity index (χ0v) is 19.8. The molecule has 0 radical (unpaired) electrons. The second-order valence-corrected chi connectivity index (χ2v) is 7.37. The summed E-state index contributed by atoms with van der Waals surface area (Å²) in [5.41, 5.74) is 3.26. The normalized spacial score (nSPS) is 12.1. The zero-order chi connectivity index (χ0) is 25.1. The minimum Gasteiger partial charge on any atom is -0.478 e. The van der Waals surface area contributed by atoms with Gasteiger partial charge in [-0.15, -0.1) is 0 Å². The minimum atomic E-state index is -0.603. The fraction of sp³-hybridized carbons (Fsp3) is 0.280. The third-order valence-electron chi connectivity index (χ3n) is 4.59. The lowest BCUT2D eigenvalue weighted by Gasteiger charge is -2.30. The molecule has 0 atom stereocenters. The number of carbonyl (C=O) groups is 1. The van der Waals surface area contributed by atoms with E-state index in [9.17, 15) is 13.6 Å². The van der Waals surface area contributed by atoms with Crippen LogP contribution < -0.4 is 15.0 Å². The van der Waals surface area contributed by atoms with Crippen LogP contribution in [-0.4, -0.2) is 35.1 Å². The van der Waals surface area contributed by atoms with E-state index in [0.29, 0.717) is 47.4 Å². The first-order valence-corrected chi connectivity index (χ1v) is 10.7. The molecule has 34 heavy (non-hydrogen) atoms. The predicted molar refractivity (Wildman–Crippen MR) is 130 cm³/mol. The molecule has 9 heteroatoms. The number of hydrogen-bond acceptors (Lipinski definition) is 7. The Morgan fingerprint density at radius 2 is 2.12 bits per heavy atom. The van der Waals surface area contributed by atoms with Crippen molar-refractivity contribution in [3.63, 3.8) is 0 Å². The number of aryl methyl sites for hydroxylation is 1. The molecule has 0 bridgehead atoms. The summed E-state index contributed by atoms with van der Waals surface area (Å²) in [5.74, 6) is -0.116. The molecule has 0 amide bonds. The number of aldehydes is 1. The molecule has 0 saturated carbocycles. The van der Waals surface area contributed by atoms with Gasteiger partial charge in [0.15, 0.2) is 0 Å². The highest BCUT2D eigenvalue weighted by atomic mass is 19.1. The van der Waals surface area contributed by atoms with E-state index in [1.54, 1.807) is 11.8 Å². The molecule has 0 aliphatic heterocycles. The Morgan fingerprint density at radius 3 is 2.76 bits per heavy atom. The second-order valence-electron chi connectivity index (χ2n) is 7.37. The largest absolute Gasteiger partial charge is 0.478 e. The number of anilines is 1. The van der Waals surface area contributed by atoms with Crippen molar-refractivity contribution in [2.45, 2.75) is 34.2 Å². The lowest BCUT2D eigenvalue weighted by Crippen LogP contribution is -2.35. The van der Waals surface area contributed by atoms with Gasteiger partial charge in [-0.05, 0) is 52.0 Å². The van der Waals surface area contributed by atoms with Crippen LogP contribution in [0.1, 0.15) is 30.8 Å². The van der Waals surface area contributed by atoms with Gasteiger partial charge in [-0.1, -0.05) is 6.58 Å². The fourth-order valence-corrected chi connectivity index (χ4v) is 3.07. The van der Waals surface area contributed by atoms with Gasteiger partial charge in [0.05, 0.1) is 31.1 Å². The van der Waals surface area contributed by atoms with Crippen LogP contribution in [0.2, 0.25) is 0 Å². The van der Waals surface area contributed by atoms with E-state index in [1.807, 2.05) is 26.8 Å². The number of allylic oxidation sites excluding steroid dienone is 3. The summed E-state index contributed by atoms with van der Waals surface area (Å²) in [6, 6.07) is 4.45. The number of carbonyl (C=O) groups excluding carboxylic acids is 1. The molecule has 2 aromatic rings. The van der Waals surface area contributed by atoms with Crippen molar-refractivity contribution in [1.82, 2.24) is 15.3 Å². The van der Waals surface area contributed by atoms with E-state index in [1.165, 1.54) is 30.6 Å². The Morgan fingerprint density at radius 1 is 1.35 bits per heavy atom. The van der Waals surface area contributed by atoms with Crippen LogP contribution in [0, 0.1) is 19.7 Å². The van der Waals surface area contributed by atoms with E-state index >= 15 is 0 Å². The molecule has 0 spiro atoms. The maximum atomic E-state index is 13.9. The quantitative estimate of drug-likeness (QED) is 0.210. The van der Waals surface area contributed by atoms with Crippen LogP contribution in [0.3, 0.4) is 0 Å². The number of aromatic nitrogens is 2. The van der Waals surface area contributed by atoms with E-state index in [0.717, 1.165) is 11.6 Å². The molecule has 2 rings (SSSR count). The number of halogens is 2. The van der Waals surface area contributed by atoms with Gasteiger partial charge >= 0.3 is 0 Å². The van der Waals surface area contributed by atoms with Crippen LogP contribution in [0.25, 0.3) is 0 Å². The molecule has 0 saturated heterocycles. The Bertz CT molecular complexity index is 1110. The summed E-state index contributed by atoms with van der Waals surface area (Å²) in [6.45, 7) is 11.3. The van der Waals surface area contributed by atoms with Gasteiger partial charge in [0.2, 0.25) is 5.88 Å². The second kappa shape index (κ2) is 13.0. The van der Waals surface area contributed by atoms with E-state index < -0.39 is 11.6 Å². The topological polar surface area (TPSA) is 79.7 Å². The average molecular weight is 470 g/mol. The highest BCUT2D eigenvalue weighted by Crippen LogP contribution is 2.31. The molecule has 0 aliphatic rings. The van der Waals surface area contributed by atoms with Gasteiger partial charge in [-0.3, -0.25) is 14.8 Å². The number of rotatable bonds is 12.